The predicted octanol–water partition coefficient (Wildman–Crippen LogP) is 3.70. The van der Waals surface area contributed by atoms with E-state index < -0.39 is 6.09 Å². The van der Waals surface area contributed by atoms with Crippen molar-refractivity contribution in [2.45, 2.75) is 13.0 Å². The zero-order valence-corrected chi connectivity index (χ0v) is 17.9. The Kier molecular flexibility index (Phi) is 4.16. The molecule has 1 fully saturated rings. The van der Waals surface area contributed by atoms with Crippen molar-refractivity contribution in [1.82, 2.24) is 25.1 Å². The summed E-state index contributed by atoms with van der Waals surface area (Å²) in [5.41, 5.74) is 4.38. The van der Waals surface area contributed by atoms with Gasteiger partial charge in [0.25, 0.3) is 0 Å². The number of aromatic amines is 1. The number of carboxylic acid groups (broad SMARTS) is 1. The molecule has 0 spiro atoms. The number of carbonyl (C=O) groups is 1. The Morgan fingerprint density at radius 2 is 2.19 bits per heavy atom. The molecule has 1 atom stereocenters. The minimum atomic E-state index is -0.923. The lowest BCUT2D eigenvalue weighted by Gasteiger charge is -2.39. The molecule has 2 N–H and O–H groups in total. The van der Waals surface area contributed by atoms with Gasteiger partial charge in [0.15, 0.2) is 0 Å². The Bertz CT molecular complexity index is 1400. The van der Waals surface area contributed by atoms with Crippen LogP contribution >= 0.6 is 11.6 Å². The van der Waals surface area contributed by atoms with Crippen LogP contribution in [0.5, 0.6) is 5.75 Å². The van der Waals surface area contributed by atoms with E-state index in [2.05, 4.69) is 25.1 Å². The molecular formula is C22H19ClN6O3. The summed E-state index contributed by atoms with van der Waals surface area (Å²) in [6, 6.07) is 5.82. The molecule has 2 aromatic heterocycles. The van der Waals surface area contributed by atoms with Crippen LogP contribution in [0, 0.1) is 6.92 Å². The lowest BCUT2D eigenvalue weighted by molar-refractivity contribution is 0.127. The number of aromatic nitrogens is 4. The molecule has 162 valence electrons. The molecule has 0 radical (unpaired) electrons. The third-order valence-corrected chi connectivity index (χ3v) is 6.73. The molecule has 4 aromatic rings. The molecule has 0 unspecified atom stereocenters. The van der Waals surface area contributed by atoms with Gasteiger partial charge in [-0.2, -0.15) is 5.10 Å². The standard InChI is InChI=1S/C22H19ClN6O3/c1-11-2-3-15-14(7-26-27-15)17(11)13-6-16-18-20(19(13)23)24-10-25-21(18)29-5-4-28(22(30)31)8-12(29)9-32-16/h2-3,6-7,10,12H,4-5,8-9H2,1H3,(H,26,27)(H,30,31)/t12-/m0/s1. The fourth-order valence-electron chi connectivity index (χ4n) is 4.80. The summed E-state index contributed by atoms with van der Waals surface area (Å²) in [7, 11) is 0. The van der Waals surface area contributed by atoms with Gasteiger partial charge < -0.3 is 19.6 Å². The number of hydrogen-bond acceptors (Lipinski definition) is 6. The first-order valence-corrected chi connectivity index (χ1v) is 10.7. The molecule has 1 amide bonds. The summed E-state index contributed by atoms with van der Waals surface area (Å²) < 4.78 is 6.25. The van der Waals surface area contributed by atoms with Crippen molar-refractivity contribution in [2.24, 2.45) is 0 Å². The first-order chi connectivity index (χ1) is 15.5. The minimum Gasteiger partial charge on any atom is -0.490 e. The molecule has 0 saturated carbocycles. The highest BCUT2D eigenvalue weighted by molar-refractivity contribution is 6.39. The number of hydrogen-bond donors (Lipinski definition) is 2. The van der Waals surface area contributed by atoms with Crippen molar-refractivity contribution in [1.29, 1.82) is 0 Å². The minimum absolute atomic E-state index is 0.147. The van der Waals surface area contributed by atoms with Gasteiger partial charge in [-0.1, -0.05) is 17.7 Å². The molecule has 2 aliphatic heterocycles. The number of amides is 1. The molecule has 32 heavy (non-hydrogen) atoms. The summed E-state index contributed by atoms with van der Waals surface area (Å²) >= 11 is 6.95. The van der Waals surface area contributed by atoms with Crippen LogP contribution in [0.1, 0.15) is 5.56 Å². The van der Waals surface area contributed by atoms with Crippen molar-refractivity contribution >= 4 is 45.3 Å². The van der Waals surface area contributed by atoms with Gasteiger partial charge in [-0.25, -0.2) is 14.8 Å². The summed E-state index contributed by atoms with van der Waals surface area (Å²) in [6.45, 7) is 3.65. The second-order valence-electron chi connectivity index (χ2n) is 8.13. The van der Waals surface area contributed by atoms with Crippen molar-refractivity contribution < 1.29 is 14.6 Å². The Labute approximate surface area is 187 Å². The number of ether oxygens (including phenoxy) is 1. The average Bonchev–Trinajstić information content (AvgIpc) is 3.21. The molecule has 1 saturated heterocycles. The van der Waals surface area contributed by atoms with Gasteiger partial charge in [0.1, 0.15) is 24.5 Å². The smallest absolute Gasteiger partial charge is 0.407 e. The van der Waals surface area contributed by atoms with Crippen LogP contribution in [0.3, 0.4) is 0 Å². The van der Waals surface area contributed by atoms with Gasteiger partial charge in [-0.3, -0.25) is 5.10 Å². The zero-order chi connectivity index (χ0) is 22.0. The van der Waals surface area contributed by atoms with E-state index in [1.54, 1.807) is 6.20 Å². The van der Waals surface area contributed by atoms with Crippen LogP contribution in [0.2, 0.25) is 5.02 Å². The van der Waals surface area contributed by atoms with Crippen molar-refractivity contribution in [3.63, 3.8) is 0 Å². The Morgan fingerprint density at radius 3 is 3.03 bits per heavy atom. The highest BCUT2D eigenvalue weighted by Crippen LogP contribution is 2.46. The van der Waals surface area contributed by atoms with Gasteiger partial charge in [-0.15, -0.1) is 0 Å². The lowest BCUT2D eigenvalue weighted by Crippen LogP contribution is -2.56. The number of H-pyrrole nitrogens is 1. The summed E-state index contributed by atoms with van der Waals surface area (Å²) in [5, 5.41) is 18.9. The zero-order valence-electron chi connectivity index (χ0n) is 17.2. The van der Waals surface area contributed by atoms with Gasteiger partial charge in [-0.05, 0) is 30.2 Å². The third kappa shape index (κ3) is 2.70. The van der Waals surface area contributed by atoms with E-state index in [-0.39, 0.29) is 6.04 Å². The Hall–Kier alpha value is -3.59. The Morgan fingerprint density at radius 1 is 1.31 bits per heavy atom. The van der Waals surface area contributed by atoms with Gasteiger partial charge >= 0.3 is 6.09 Å². The van der Waals surface area contributed by atoms with Crippen LogP contribution in [-0.2, 0) is 0 Å². The number of nitrogens with one attached hydrogen (secondary N) is 1. The van der Waals surface area contributed by atoms with Crippen LogP contribution < -0.4 is 9.64 Å². The van der Waals surface area contributed by atoms with E-state index in [1.165, 1.54) is 11.2 Å². The normalized spacial score (nSPS) is 17.9. The molecular weight excluding hydrogens is 432 g/mol. The Balaban J connectivity index is 1.56. The highest BCUT2D eigenvalue weighted by atomic mass is 35.5. The topological polar surface area (TPSA) is 107 Å². The van der Waals surface area contributed by atoms with Gasteiger partial charge in [0.2, 0.25) is 0 Å². The van der Waals surface area contributed by atoms with E-state index in [1.807, 2.05) is 25.1 Å². The molecule has 9 nitrogen and oxygen atoms in total. The summed E-state index contributed by atoms with van der Waals surface area (Å²) in [6.07, 6.45) is 2.38. The maximum atomic E-state index is 11.5. The number of nitrogens with zero attached hydrogens (tertiary/aromatic N) is 5. The van der Waals surface area contributed by atoms with Crippen LogP contribution in [0.25, 0.3) is 32.9 Å². The molecule has 4 heterocycles. The molecule has 10 heteroatoms. The largest absolute Gasteiger partial charge is 0.490 e. The quantitative estimate of drug-likeness (QED) is 0.455. The van der Waals surface area contributed by atoms with Crippen molar-refractivity contribution in [2.75, 3.05) is 31.1 Å². The molecule has 2 aromatic carbocycles. The number of rotatable bonds is 1. The first-order valence-electron chi connectivity index (χ1n) is 10.3. The third-order valence-electron chi connectivity index (χ3n) is 6.35. The van der Waals surface area contributed by atoms with Crippen LogP contribution in [0.4, 0.5) is 10.6 Å². The SMILES string of the molecule is Cc1ccc2[nH]ncc2c1-c1cc2c3c(ncnc3c1Cl)N1CCN(C(=O)O)C[C@H]1CO2. The molecule has 0 aliphatic carbocycles. The second kappa shape index (κ2) is 6.96. The number of anilines is 1. The van der Waals surface area contributed by atoms with E-state index in [0.717, 1.165) is 38.8 Å². The average molecular weight is 451 g/mol. The fraction of sp³-hybridized carbons (Fsp3) is 0.273. The number of fused-ring (bicyclic) bond motifs is 3. The number of piperazine rings is 1. The summed E-state index contributed by atoms with van der Waals surface area (Å²) in [5.74, 6) is 1.37. The van der Waals surface area contributed by atoms with E-state index in [0.29, 0.717) is 42.5 Å². The van der Waals surface area contributed by atoms with E-state index >= 15 is 0 Å². The van der Waals surface area contributed by atoms with Crippen molar-refractivity contribution in [3.8, 4) is 16.9 Å². The lowest BCUT2D eigenvalue weighted by atomic mass is 9.95. The van der Waals surface area contributed by atoms with Crippen molar-refractivity contribution in [3.05, 3.63) is 41.3 Å². The summed E-state index contributed by atoms with van der Waals surface area (Å²) in [4.78, 5) is 24.1. The number of aryl methyl sites for hydroxylation is 1. The maximum Gasteiger partial charge on any atom is 0.407 e. The van der Waals surface area contributed by atoms with E-state index in [4.69, 9.17) is 16.3 Å². The molecule has 6 rings (SSSR count). The van der Waals surface area contributed by atoms with Crippen LogP contribution in [-0.4, -0.2) is 68.5 Å². The molecule has 2 aliphatic rings. The maximum absolute atomic E-state index is 11.5. The fourth-order valence-corrected chi connectivity index (χ4v) is 5.09. The molecule has 0 bridgehead atoms. The monoisotopic (exact) mass is 450 g/mol. The van der Waals surface area contributed by atoms with Gasteiger partial charge in [0.05, 0.1) is 33.7 Å². The highest BCUT2D eigenvalue weighted by Gasteiger charge is 2.35. The number of benzene rings is 2. The van der Waals surface area contributed by atoms with Crippen LogP contribution in [0.15, 0.2) is 30.7 Å². The first kappa shape index (κ1) is 19.1. The predicted molar refractivity (Wildman–Crippen MR) is 121 cm³/mol. The van der Waals surface area contributed by atoms with E-state index in [9.17, 15) is 9.90 Å². The number of halogens is 1. The van der Waals surface area contributed by atoms with Gasteiger partial charge in [0, 0.05) is 30.6 Å². The second-order valence-corrected chi connectivity index (χ2v) is 8.51.